The molecule has 0 spiro atoms. The number of nitrogens with one attached hydrogen (secondary N) is 1. The molecular weight excluding hydrogens is 456 g/mol. The number of nitrogens with two attached hydrogens (primary N) is 1. The standard InChI is InChI=1S/C19H24N6O5S2/c1-25(5-3-4-6-25)7-10-8-31-17-13(16(27)24(17)14(10)18(28)29)22-15(26)12(23-30-2)11-9-32-19(20)21-11/h8-9,13-14,17H,3-7H2,1-2H3,(H3-,20,21,22,26,28,29)/b23-12+. The molecule has 0 bridgehead atoms. The summed E-state index contributed by atoms with van der Waals surface area (Å²) < 4.78 is 0.747. The van der Waals surface area contributed by atoms with Crippen LogP contribution in [0, 0.1) is 0 Å². The molecule has 2 saturated heterocycles. The minimum atomic E-state index is -1.31. The number of thioether (sulfide) groups is 1. The third-order valence-corrected chi connectivity index (χ3v) is 7.84. The molecule has 3 aliphatic rings. The number of anilines is 1. The third kappa shape index (κ3) is 4.07. The van der Waals surface area contributed by atoms with E-state index in [1.54, 1.807) is 10.8 Å². The van der Waals surface area contributed by atoms with E-state index in [9.17, 15) is 19.5 Å². The quantitative estimate of drug-likeness (QED) is 0.212. The van der Waals surface area contributed by atoms with Gasteiger partial charge in [0.05, 0.1) is 26.1 Å². The van der Waals surface area contributed by atoms with Crippen molar-refractivity contribution in [2.45, 2.75) is 30.3 Å². The van der Waals surface area contributed by atoms with Crippen LogP contribution in [0.1, 0.15) is 18.5 Å². The van der Waals surface area contributed by atoms with E-state index < -0.39 is 35.2 Å². The number of fused-ring (bicyclic) bond motifs is 1. The smallest absolute Gasteiger partial charge is 0.276 e. The number of rotatable bonds is 7. The number of oxime groups is 1. The second-order valence-corrected chi connectivity index (χ2v) is 10.1. The van der Waals surface area contributed by atoms with Crippen LogP contribution in [0.15, 0.2) is 21.5 Å². The van der Waals surface area contributed by atoms with Gasteiger partial charge >= 0.3 is 0 Å². The molecule has 0 aliphatic carbocycles. The lowest BCUT2D eigenvalue weighted by molar-refractivity contribution is -0.893. The Labute approximate surface area is 192 Å². The minimum Gasteiger partial charge on any atom is -0.548 e. The number of β-lactam (4-membered cyclic amide) rings is 1. The molecule has 3 atom stereocenters. The average Bonchev–Trinajstić information content (AvgIpc) is 3.37. The number of hydrogen-bond acceptors (Lipinski definition) is 10. The Morgan fingerprint density at radius 2 is 2.16 bits per heavy atom. The molecular formula is C19H24N6O5S2. The van der Waals surface area contributed by atoms with Gasteiger partial charge in [-0.15, -0.1) is 23.1 Å². The second-order valence-electron chi connectivity index (χ2n) is 8.26. The molecule has 0 aromatic carbocycles. The van der Waals surface area contributed by atoms with E-state index in [-0.39, 0.29) is 16.5 Å². The zero-order valence-corrected chi connectivity index (χ0v) is 19.3. The zero-order chi connectivity index (χ0) is 23.0. The molecule has 3 aliphatic heterocycles. The van der Waals surface area contributed by atoms with Crippen LogP contribution in [0.4, 0.5) is 5.13 Å². The number of aromatic nitrogens is 1. The normalized spacial score (nSPS) is 26.8. The molecule has 4 rings (SSSR count). The Morgan fingerprint density at radius 1 is 1.44 bits per heavy atom. The molecule has 2 amide bonds. The van der Waals surface area contributed by atoms with Crippen LogP contribution in [-0.4, -0.2) is 89.1 Å². The lowest BCUT2D eigenvalue weighted by Gasteiger charge is -2.53. The fourth-order valence-corrected chi connectivity index (χ4v) is 6.19. The molecule has 3 unspecified atom stereocenters. The van der Waals surface area contributed by atoms with Gasteiger partial charge in [-0.2, -0.15) is 0 Å². The predicted octanol–water partition coefficient (Wildman–Crippen LogP) is -1.28. The van der Waals surface area contributed by atoms with E-state index in [4.69, 9.17) is 10.6 Å². The van der Waals surface area contributed by atoms with Crippen LogP contribution in [0.25, 0.3) is 0 Å². The maximum atomic E-state index is 12.9. The summed E-state index contributed by atoms with van der Waals surface area (Å²) in [5.74, 6) is -2.45. The highest BCUT2D eigenvalue weighted by atomic mass is 32.2. The van der Waals surface area contributed by atoms with Crippen LogP contribution < -0.4 is 16.2 Å². The number of nitrogens with zero attached hydrogens (tertiary/aromatic N) is 4. The van der Waals surface area contributed by atoms with Gasteiger partial charge in [-0.1, -0.05) is 5.16 Å². The summed E-state index contributed by atoms with van der Waals surface area (Å²) in [6.07, 6.45) is 2.20. The first kappa shape index (κ1) is 22.6. The van der Waals surface area contributed by atoms with Crippen molar-refractivity contribution < 1.29 is 28.8 Å². The van der Waals surface area contributed by atoms with E-state index in [2.05, 4.69) is 22.5 Å². The van der Waals surface area contributed by atoms with Crippen LogP contribution >= 0.6 is 23.1 Å². The summed E-state index contributed by atoms with van der Waals surface area (Å²) in [6, 6.07) is -2.04. The number of quaternary nitrogens is 1. The number of likely N-dealkylation sites (N-methyl/N-ethyl adjacent to an activating group) is 1. The number of aliphatic carboxylic acids is 1. The average molecular weight is 481 g/mol. The highest BCUT2D eigenvalue weighted by Gasteiger charge is 2.55. The van der Waals surface area contributed by atoms with Gasteiger partial charge < -0.3 is 35.2 Å². The van der Waals surface area contributed by atoms with E-state index in [1.165, 1.54) is 23.8 Å². The summed E-state index contributed by atoms with van der Waals surface area (Å²) in [6.45, 7) is 2.50. The maximum absolute atomic E-state index is 12.9. The first-order chi connectivity index (χ1) is 15.2. The Morgan fingerprint density at radius 3 is 2.75 bits per heavy atom. The first-order valence-electron chi connectivity index (χ1n) is 10.1. The van der Waals surface area contributed by atoms with Crippen molar-refractivity contribution in [1.82, 2.24) is 15.2 Å². The highest BCUT2D eigenvalue weighted by Crippen LogP contribution is 2.40. The van der Waals surface area contributed by atoms with Gasteiger partial charge in [-0.25, -0.2) is 4.98 Å². The van der Waals surface area contributed by atoms with Crippen LogP contribution in [0.3, 0.4) is 0 Å². The van der Waals surface area contributed by atoms with E-state index in [0.29, 0.717) is 12.1 Å². The lowest BCUT2D eigenvalue weighted by Crippen LogP contribution is -2.75. The first-order valence-corrected chi connectivity index (χ1v) is 11.9. The van der Waals surface area contributed by atoms with Gasteiger partial charge in [0.25, 0.3) is 5.91 Å². The highest BCUT2D eigenvalue weighted by molar-refractivity contribution is 8.03. The number of carboxylic acids is 1. The molecule has 13 heteroatoms. The molecule has 1 aromatic rings. The number of thiazole rings is 1. The molecule has 0 radical (unpaired) electrons. The Bertz CT molecular complexity index is 1000. The lowest BCUT2D eigenvalue weighted by atomic mass is 9.97. The number of hydrogen-bond donors (Lipinski definition) is 2. The van der Waals surface area contributed by atoms with Gasteiger partial charge in [0.15, 0.2) is 10.8 Å². The van der Waals surface area contributed by atoms with Crippen molar-refractivity contribution in [3.05, 3.63) is 22.1 Å². The summed E-state index contributed by atoms with van der Waals surface area (Å²) >= 11 is 2.46. The zero-order valence-electron chi connectivity index (χ0n) is 17.6. The molecule has 32 heavy (non-hydrogen) atoms. The van der Waals surface area contributed by atoms with Gasteiger partial charge in [0.2, 0.25) is 5.91 Å². The number of carboxylic acid groups (broad SMARTS) is 1. The topological polar surface area (TPSA) is 150 Å². The number of carbonyl (C=O) groups is 3. The second kappa shape index (κ2) is 8.71. The van der Waals surface area contributed by atoms with Crippen molar-refractivity contribution in [3.63, 3.8) is 0 Å². The van der Waals surface area contributed by atoms with Gasteiger partial charge in [-0.05, 0) is 5.41 Å². The van der Waals surface area contributed by atoms with Gasteiger partial charge in [-0.3, -0.25) is 9.59 Å². The fraction of sp³-hybridized carbons (Fsp3) is 0.526. The SMILES string of the molecule is CO/N=C(/C(=O)NC1C(=O)N2C(C(=O)[O-])C(C[N+]3(C)CCCC3)=CSC12)c1csc(N)n1. The van der Waals surface area contributed by atoms with Crippen LogP contribution in [0.2, 0.25) is 0 Å². The van der Waals surface area contributed by atoms with E-state index >= 15 is 0 Å². The molecule has 3 N–H and O–H groups in total. The van der Waals surface area contributed by atoms with Crippen molar-refractivity contribution in [2.75, 3.05) is 39.5 Å². The molecule has 172 valence electrons. The Kier molecular flexibility index (Phi) is 6.14. The van der Waals surface area contributed by atoms with Crippen molar-refractivity contribution in [2.24, 2.45) is 5.16 Å². The number of likely N-dealkylation sites (tertiary alicyclic amines) is 1. The Hall–Kier alpha value is -2.64. The predicted molar refractivity (Wildman–Crippen MR) is 117 cm³/mol. The van der Waals surface area contributed by atoms with Crippen molar-refractivity contribution in [1.29, 1.82) is 0 Å². The van der Waals surface area contributed by atoms with Gasteiger partial charge in [0, 0.05) is 23.8 Å². The van der Waals surface area contributed by atoms with Crippen molar-refractivity contribution >= 4 is 51.7 Å². The maximum Gasteiger partial charge on any atom is 0.276 e. The Balaban J connectivity index is 1.51. The number of nitrogen functional groups attached to an aromatic ring is 1. The van der Waals surface area contributed by atoms with E-state index in [0.717, 1.165) is 41.8 Å². The van der Waals surface area contributed by atoms with Crippen molar-refractivity contribution in [3.8, 4) is 0 Å². The summed E-state index contributed by atoms with van der Waals surface area (Å²) in [5.41, 5.74) is 6.40. The van der Waals surface area contributed by atoms with Crippen LogP contribution in [-0.2, 0) is 19.2 Å². The molecule has 0 saturated carbocycles. The minimum absolute atomic E-state index is 0.119. The monoisotopic (exact) mass is 480 g/mol. The molecule has 2 fully saturated rings. The largest absolute Gasteiger partial charge is 0.548 e. The summed E-state index contributed by atoms with van der Waals surface area (Å²) in [5, 5.41) is 21.4. The molecule has 11 nitrogen and oxygen atoms in total. The molecule has 4 heterocycles. The summed E-state index contributed by atoms with van der Waals surface area (Å²) in [7, 11) is 3.39. The fourth-order valence-electron chi connectivity index (χ4n) is 4.43. The number of amides is 2. The third-order valence-electron chi connectivity index (χ3n) is 5.95. The van der Waals surface area contributed by atoms with Gasteiger partial charge in [0.1, 0.15) is 36.8 Å². The van der Waals surface area contributed by atoms with E-state index in [1.807, 2.05) is 0 Å². The number of carbonyl (C=O) groups excluding carboxylic acids is 3. The van der Waals surface area contributed by atoms with Crippen LogP contribution in [0.5, 0.6) is 0 Å². The summed E-state index contributed by atoms with van der Waals surface area (Å²) in [4.78, 5) is 47.7. The molecule has 1 aromatic heterocycles.